The number of aromatic nitrogens is 4. The topological polar surface area (TPSA) is 101 Å². The summed E-state index contributed by atoms with van der Waals surface area (Å²) in [6.45, 7) is 10.5. The fraction of sp³-hybridized carbons (Fsp3) is 0.400. The molecule has 0 saturated carbocycles. The number of hydrogen-bond acceptors (Lipinski definition) is 8. The number of rotatable bonds is 9. The molecule has 0 spiro atoms. The number of amides is 1. The summed E-state index contributed by atoms with van der Waals surface area (Å²) in [5.74, 6) is 0.746. The summed E-state index contributed by atoms with van der Waals surface area (Å²) >= 11 is 4.09. The van der Waals surface area contributed by atoms with E-state index in [1.165, 1.54) is 40.0 Å². The number of aromatic amines is 1. The van der Waals surface area contributed by atoms with Crippen molar-refractivity contribution in [1.82, 2.24) is 20.2 Å². The quantitative estimate of drug-likeness (QED) is 0.195. The Morgan fingerprint density at radius 3 is 2.54 bits per heavy atom. The Morgan fingerprint density at radius 1 is 1.14 bits per heavy atom. The van der Waals surface area contributed by atoms with E-state index in [1.54, 1.807) is 0 Å². The first-order valence-corrected chi connectivity index (χ1v) is 14.2. The molecule has 184 valence electrons. The highest BCUT2D eigenvalue weighted by atomic mass is 32.2. The first kappa shape index (κ1) is 25.5. The smallest absolute Gasteiger partial charge is 0.260 e. The zero-order valence-corrected chi connectivity index (χ0v) is 22.9. The number of fused-ring (bicyclic) bond motifs is 1. The van der Waals surface area contributed by atoms with Crippen molar-refractivity contribution in [3.05, 3.63) is 50.6 Å². The van der Waals surface area contributed by atoms with E-state index in [-0.39, 0.29) is 11.5 Å². The Hall–Kier alpha value is -2.56. The number of carbonyl (C=O) groups excluding carboxylic acids is 1. The minimum atomic E-state index is -0.420. The Kier molecular flexibility index (Phi) is 8.03. The van der Waals surface area contributed by atoms with Gasteiger partial charge < -0.3 is 4.98 Å². The average molecular weight is 528 g/mol. The van der Waals surface area contributed by atoms with Crippen LogP contribution in [-0.4, -0.2) is 31.3 Å². The highest BCUT2D eigenvalue weighted by Gasteiger charge is 2.22. The fourth-order valence-electron chi connectivity index (χ4n) is 3.62. The molecule has 1 atom stereocenters. The highest BCUT2D eigenvalue weighted by molar-refractivity contribution is 8.00. The van der Waals surface area contributed by atoms with E-state index in [0.717, 1.165) is 22.6 Å². The first-order valence-electron chi connectivity index (χ1n) is 11.7. The van der Waals surface area contributed by atoms with Gasteiger partial charge in [-0.15, -0.1) is 21.5 Å². The molecular formula is C25H29N5O2S3. The zero-order valence-electron chi connectivity index (χ0n) is 20.4. The van der Waals surface area contributed by atoms with Gasteiger partial charge >= 0.3 is 0 Å². The van der Waals surface area contributed by atoms with Crippen molar-refractivity contribution in [3.8, 4) is 11.1 Å². The summed E-state index contributed by atoms with van der Waals surface area (Å²) in [5.41, 5.74) is 2.93. The Balaban J connectivity index is 1.52. The molecule has 1 amide bonds. The second-order valence-corrected chi connectivity index (χ2v) is 12.2. The van der Waals surface area contributed by atoms with E-state index in [9.17, 15) is 9.59 Å². The second kappa shape index (κ2) is 11.0. The predicted molar refractivity (Wildman–Crippen MR) is 147 cm³/mol. The largest absolute Gasteiger partial charge is 0.301 e. The van der Waals surface area contributed by atoms with Crippen LogP contribution < -0.4 is 10.9 Å². The summed E-state index contributed by atoms with van der Waals surface area (Å²) in [5, 5.41) is 15.1. The molecule has 4 aromatic rings. The molecule has 1 unspecified atom stereocenters. The van der Waals surface area contributed by atoms with Gasteiger partial charge in [0.05, 0.1) is 10.6 Å². The van der Waals surface area contributed by atoms with Gasteiger partial charge in [-0.25, -0.2) is 4.98 Å². The van der Waals surface area contributed by atoms with Crippen LogP contribution in [0.2, 0.25) is 0 Å². The van der Waals surface area contributed by atoms with Gasteiger partial charge in [0.15, 0.2) is 5.16 Å². The molecule has 1 aromatic carbocycles. The number of thiophene rings is 1. The number of nitrogens with one attached hydrogen (secondary N) is 2. The lowest BCUT2D eigenvalue weighted by Gasteiger charge is -2.12. The molecule has 3 aromatic heterocycles. The van der Waals surface area contributed by atoms with E-state index in [4.69, 9.17) is 0 Å². The van der Waals surface area contributed by atoms with Crippen LogP contribution in [0.4, 0.5) is 5.13 Å². The van der Waals surface area contributed by atoms with Crippen LogP contribution in [0.3, 0.4) is 0 Å². The van der Waals surface area contributed by atoms with Gasteiger partial charge in [0.2, 0.25) is 11.0 Å². The van der Waals surface area contributed by atoms with Crippen molar-refractivity contribution >= 4 is 55.7 Å². The first-order chi connectivity index (χ1) is 16.7. The van der Waals surface area contributed by atoms with E-state index in [0.29, 0.717) is 38.8 Å². The minimum absolute atomic E-state index is 0.176. The van der Waals surface area contributed by atoms with Gasteiger partial charge in [0.25, 0.3) is 5.56 Å². The Labute approximate surface area is 216 Å². The number of nitrogens with zero attached hydrogens (tertiary/aromatic N) is 3. The molecule has 4 rings (SSSR count). The molecule has 7 nitrogen and oxygen atoms in total. The van der Waals surface area contributed by atoms with Crippen molar-refractivity contribution in [3.63, 3.8) is 0 Å². The number of thioether (sulfide) groups is 1. The fourth-order valence-corrected chi connectivity index (χ4v) is 6.48. The van der Waals surface area contributed by atoms with Gasteiger partial charge in [0.1, 0.15) is 9.84 Å². The standard InChI is InChI=1S/C25H29N5O2S3/c1-6-18(21(31)26-25-30-29-19(35-25)11-13(2)3)34-24-27-22(32)20-17(12-33-23(20)28-24)16-9-7-15(8-10-16)14(4)5/h7-10,12-14,18H,6,11H2,1-5H3,(H,26,30,31)(H,27,28,32). The third-order valence-corrected chi connectivity index (χ3v) is 8.49. The van der Waals surface area contributed by atoms with Crippen LogP contribution in [0, 0.1) is 5.92 Å². The van der Waals surface area contributed by atoms with Gasteiger partial charge in [-0.3, -0.25) is 14.9 Å². The molecule has 10 heteroatoms. The lowest BCUT2D eigenvalue weighted by atomic mass is 9.99. The van der Waals surface area contributed by atoms with Crippen LogP contribution in [-0.2, 0) is 11.2 Å². The van der Waals surface area contributed by atoms with E-state index >= 15 is 0 Å². The monoisotopic (exact) mass is 527 g/mol. The SMILES string of the molecule is CCC(Sc1nc2scc(-c3ccc(C(C)C)cc3)c2c(=O)[nH]1)C(=O)Nc1nnc(CC(C)C)s1. The summed E-state index contributed by atoms with van der Waals surface area (Å²) in [6, 6.07) is 8.31. The zero-order chi connectivity index (χ0) is 25.1. The van der Waals surface area contributed by atoms with E-state index in [2.05, 4.69) is 77.4 Å². The third kappa shape index (κ3) is 5.99. The molecule has 3 heterocycles. The second-order valence-electron chi connectivity index (χ2n) is 9.08. The average Bonchev–Trinajstić information content (AvgIpc) is 3.44. The molecule has 0 aliphatic carbocycles. The maximum atomic E-state index is 13.0. The molecule has 0 fully saturated rings. The lowest BCUT2D eigenvalue weighted by Crippen LogP contribution is -2.25. The van der Waals surface area contributed by atoms with Crippen molar-refractivity contribution in [2.24, 2.45) is 5.92 Å². The number of benzene rings is 1. The summed E-state index contributed by atoms with van der Waals surface area (Å²) in [7, 11) is 0. The number of anilines is 1. The maximum Gasteiger partial charge on any atom is 0.260 e. The highest BCUT2D eigenvalue weighted by Crippen LogP contribution is 2.33. The van der Waals surface area contributed by atoms with Crippen LogP contribution >= 0.6 is 34.4 Å². The Bertz CT molecular complexity index is 1370. The van der Waals surface area contributed by atoms with Gasteiger partial charge in [0, 0.05) is 17.4 Å². The number of carbonyl (C=O) groups is 1. The molecule has 0 aliphatic rings. The molecule has 0 saturated heterocycles. The van der Waals surface area contributed by atoms with E-state index < -0.39 is 5.25 Å². The molecule has 0 bridgehead atoms. The van der Waals surface area contributed by atoms with Gasteiger partial charge in [-0.1, -0.05) is 82.0 Å². The molecule has 35 heavy (non-hydrogen) atoms. The minimum Gasteiger partial charge on any atom is -0.301 e. The summed E-state index contributed by atoms with van der Waals surface area (Å²) < 4.78 is 0. The lowest BCUT2D eigenvalue weighted by molar-refractivity contribution is -0.115. The van der Waals surface area contributed by atoms with Crippen LogP contribution in [0.25, 0.3) is 21.3 Å². The summed E-state index contributed by atoms with van der Waals surface area (Å²) in [4.78, 5) is 34.1. The van der Waals surface area contributed by atoms with E-state index in [1.807, 2.05) is 12.3 Å². The van der Waals surface area contributed by atoms with Gasteiger partial charge in [-0.05, 0) is 29.4 Å². The van der Waals surface area contributed by atoms with Crippen molar-refractivity contribution in [1.29, 1.82) is 0 Å². The van der Waals surface area contributed by atoms with Crippen molar-refractivity contribution in [2.45, 2.75) is 63.8 Å². The normalized spacial score (nSPS) is 12.5. The summed E-state index contributed by atoms with van der Waals surface area (Å²) in [6.07, 6.45) is 1.41. The molecule has 2 N–H and O–H groups in total. The van der Waals surface area contributed by atoms with Crippen LogP contribution in [0.1, 0.15) is 57.5 Å². The Morgan fingerprint density at radius 2 is 1.89 bits per heavy atom. The predicted octanol–water partition coefficient (Wildman–Crippen LogP) is 6.33. The third-order valence-electron chi connectivity index (χ3n) is 5.51. The molecule has 0 aliphatic heterocycles. The van der Waals surface area contributed by atoms with Crippen LogP contribution in [0.15, 0.2) is 39.6 Å². The van der Waals surface area contributed by atoms with Crippen molar-refractivity contribution in [2.75, 3.05) is 5.32 Å². The maximum absolute atomic E-state index is 13.0. The number of H-pyrrole nitrogens is 1. The molecular weight excluding hydrogens is 499 g/mol. The molecule has 0 radical (unpaired) electrons. The van der Waals surface area contributed by atoms with Crippen LogP contribution in [0.5, 0.6) is 0 Å². The van der Waals surface area contributed by atoms with Crippen molar-refractivity contribution < 1.29 is 4.79 Å². The van der Waals surface area contributed by atoms with Gasteiger partial charge in [-0.2, -0.15) is 0 Å². The number of hydrogen-bond donors (Lipinski definition) is 2.